The maximum absolute atomic E-state index is 13.1. The van der Waals surface area contributed by atoms with Gasteiger partial charge in [0, 0.05) is 25.4 Å². The molecule has 0 spiro atoms. The monoisotopic (exact) mass is 355 g/mol. The van der Waals surface area contributed by atoms with Gasteiger partial charge in [-0.3, -0.25) is 4.68 Å². The highest BCUT2D eigenvalue weighted by molar-refractivity contribution is 7.89. The van der Waals surface area contributed by atoms with Crippen LogP contribution >= 0.6 is 0 Å². The molecule has 0 N–H and O–H groups in total. The van der Waals surface area contributed by atoms with Crippen molar-refractivity contribution >= 4 is 10.0 Å². The highest BCUT2D eigenvalue weighted by atomic mass is 32.2. The lowest BCUT2D eigenvalue weighted by Gasteiger charge is -2.20. The van der Waals surface area contributed by atoms with E-state index in [2.05, 4.69) is 5.10 Å². The van der Waals surface area contributed by atoms with E-state index in [-0.39, 0.29) is 6.54 Å². The molecular weight excluding hydrogens is 334 g/mol. The molecule has 0 unspecified atom stereocenters. The largest absolute Gasteiger partial charge is 0.269 e. The van der Waals surface area contributed by atoms with E-state index in [1.54, 1.807) is 30.1 Å². The summed E-state index contributed by atoms with van der Waals surface area (Å²) in [5.74, 6) is 0. The Morgan fingerprint density at radius 2 is 1.68 bits per heavy atom. The van der Waals surface area contributed by atoms with Crippen molar-refractivity contribution in [2.45, 2.75) is 24.9 Å². The SMILES string of the molecule is CCn1nccc1CN(C)S(=O)(=O)c1ccccc1-c1ccccc1. The van der Waals surface area contributed by atoms with Crippen LogP contribution in [0, 0.1) is 0 Å². The van der Waals surface area contributed by atoms with Crippen LogP contribution < -0.4 is 0 Å². The maximum Gasteiger partial charge on any atom is 0.243 e. The zero-order valence-corrected chi connectivity index (χ0v) is 15.1. The van der Waals surface area contributed by atoms with Gasteiger partial charge in [0.05, 0.1) is 17.1 Å². The Morgan fingerprint density at radius 3 is 2.40 bits per heavy atom. The summed E-state index contributed by atoms with van der Waals surface area (Å²) in [6.07, 6.45) is 1.69. The van der Waals surface area contributed by atoms with Crippen molar-refractivity contribution in [2.75, 3.05) is 7.05 Å². The van der Waals surface area contributed by atoms with Gasteiger partial charge in [0.1, 0.15) is 0 Å². The van der Waals surface area contributed by atoms with Crippen molar-refractivity contribution in [3.63, 3.8) is 0 Å². The molecule has 3 aromatic rings. The summed E-state index contributed by atoms with van der Waals surface area (Å²) in [5, 5.41) is 4.20. The summed E-state index contributed by atoms with van der Waals surface area (Å²) < 4.78 is 29.5. The molecule has 1 heterocycles. The molecule has 0 saturated heterocycles. The van der Waals surface area contributed by atoms with E-state index in [0.29, 0.717) is 17.0 Å². The Labute approximate surface area is 148 Å². The average Bonchev–Trinajstić information content (AvgIpc) is 3.09. The van der Waals surface area contributed by atoms with E-state index in [4.69, 9.17) is 0 Å². The van der Waals surface area contributed by atoms with Gasteiger partial charge in [-0.2, -0.15) is 9.40 Å². The number of aromatic nitrogens is 2. The number of nitrogens with zero attached hydrogens (tertiary/aromatic N) is 3. The normalized spacial score (nSPS) is 11.8. The lowest BCUT2D eigenvalue weighted by Crippen LogP contribution is -2.28. The molecule has 0 aliphatic carbocycles. The highest BCUT2D eigenvalue weighted by Crippen LogP contribution is 2.29. The van der Waals surface area contributed by atoms with Crippen molar-refractivity contribution in [2.24, 2.45) is 0 Å². The van der Waals surface area contributed by atoms with Crippen LogP contribution in [0.3, 0.4) is 0 Å². The Bertz CT molecular complexity index is 950. The molecule has 0 fully saturated rings. The fourth-order valence-electron chi connectivity index (χ4n) is 2.81. The smallest absolute Gasteiger partial charge is 0.243 e. The summed E-state index contributed by atoms with van der Waals surface area (Å²) in [4.78, 5) is 0.311. The molecule has 0 amide bonds. The molecule has 0 atom stereocenters. The lowest BCUT2D eigenvalue weighted by atomic mass is 10.1. The second kappa shape index (κ2) is 7.21. The van der Waals surface area contributed by atoms with E-state index in [0.717, 1.165) is 11.3 Å². The van der Waals surface area contributed by atoms with Crippen molar-refractivity contribution in [1.29, 1.82) is 0 Å². The predicted molar refractivity (Wildman–Crippen MR) is 98.4 cm³/mol. The van der Waals surface area contributed by atoms with Crippen molar-refractivity contribution in [3.05, 3.63) is 72.6 Å². The lowest BCUT2D eigenvalue weighted by molar-refractivity contribution is 0.447. The molecule has 1 aromatic heterocycles. The van der Waals surface area contributed by atoms with Crippen LogP contribution in [0.15, 0.2) is 71.8 Å². The molecule has 0 aliphatic heterocycles. The molecule has 2 aromatic carbocycles. The van der Waals surface area contributed by atoms with Crippen LogP contribution in [0.25, 0.3) is 11.1 Å². The second-order valence-electron chi connectivity index (χ2n) is 5.76. The van der Waals surface area contributed by atoms with Gasteiger partial charge in [-0.15, -0.1) is 0 Å². The minimum absolute atomic E-state index is 0.277. The van der Waals surface area contributed by atoms with Crippen LogP contribution in [0.1, 0.15) is 12.6 Å². The van der Waals surface area contributed by atoms with Gasteiger partial charge in [0.2, 0.25) is 10.0 Å². The van der Waals surface area contributed by atoms with Crippen LogP contribution in [0.2, 0.25) is 0 Å². The second-order valence-corrected chi connectivity index (χ2v) is 7.77. The average molecular weight is 355 g/mol. The topological polar surface area (TPSA) is 55.2 Å². The Hall–Kier alpha value is -2.44. The number of rotatable bonds is 6. The summed E-state index contributed by atoms with van der Waals surface area (Å²) >= 11 is 0. The first-order valence-corrected chi connectivity index (χ1v) is 9.59. The summed E-state index contributed by atoms with van der Waals surface area (Å²) in [6.45, 7) is 2.96. The Kier molecular flexibility index (Phi) is 5.01. The van der Waals surface area contributed by atoms with Gasteiger partial charge in [-0.1, -0.05) is 48.5 Å². The van der Waals surface area contributed by atoms with Crippen LogP contribution in [0.5, 0.6) is 0 Å². The molecule has 0 bridgehead atoms. The third-order valence-corrected chi connectivity index (χ3v) is 6.01. The highest BCUT2D eigenvalue weighted by Gasteiger charge is 2.25. The molecule has 3 rings (SSSR count). The van der Waals surface area contributed by atoms with E-state index in [1.807, 2.05) is 55.5 Å². The first-order chi connectivity index (χ1) is 12.0. The van der Waals surface area contributed by atoms with Crippen molar-refractivity contribution in [1.82, 2.24) is 14.1 Å². The molecule has 6 heteroatoms. The number of hydrogen-bond donors (Lipinski definition) is 0. The number of sulfonamides is 1. The molecule has 130 valence electrons. The van der Waals surface area contributed by atoms with E-state index < -0.39 is 10.0 Å². The minimum atomic E-state index is -3.63. The zero-order chi connectivity index (χ0) is 17.9. The quantitative estimate of drug-likeness (QED) is 0.681. The third-order valence-electron chi connectivity index (χ3n) is 4.15. The van der Waals surface area contributed by atoms with E-state index in [9.17, 15) is 8.42 Å². The molecular formula is C19H21N3O2S. The van der Waals surface area contributed by atoms with Gasteiger partial charge in [-0.05, 0) is 24.6 Å². The van der Waals surface area contributed by atoms with Gasteiger partial charge in [-0.25, -0.2) is 8.42 Å². The van der Waals surface area contributed by atoms with Crippen LogP contribution in [-0.2, 0) is 23.1 Å². The molecule has 0 saturated carbocycles. The fourth-order valence-corrected chi connectivity index (χ4v) is 4.16. The van der Waals surface area contributed by atoms with Crippen LogP contribution in [-0.4, -0.2) is 29.6 Å². The molecule has 0 radical (unpaired) electrons. The maximum atomic E-state index is 13.1. The number of benzene rings is 2. The summed E-state index contributed by atoms with van der Waals surface area (Å²) in [5.41, 5.74) is 2.46. The first-order valence-electron chi connectivity index (χ1n) is 8.15. The third kappa shape index (κ3) is 3.50. The Morgan fingerprint density at radius 1 is 1.00 bits per heavy atom. The first kappa shape index (κ1) is 17.4. The summed E-state index contributed by atoms with van der Waals surface area (Å²) in [6, 6.07) is 18.5. The van der Waals surface area contributed by atoms with Gasteiger partial charge < -0.3 is 0 Å². The Balaban J connectivity index is 1.98. The minimum Gasteiger partial charge on any atom is -0.269 e. The fraction of sp³-hybridized carbons (Fsp3) is 0.211. The summed E-state index contributed by atoms with van der Waals surface area (Å²) in [7, 11) is -2.03. The standard InChI is InChI=1S/C19H21N3O2S/c1-3-22-17(13-14-20-22)15-21(2)25(23,24)19-12-8-7-11-18(19)16-9-5-4-6-10-16/h4-14H,3,15H2,1-2H3. The van der Waals surface area contributed by atoms with Gasteiger partial charge in [0.15, 0.2) is 0 Å². The van der Waals surface area contributed by atoms with Gasteiger partial charge >= 0.3 is 0 Å². The molecule has 25 heavy (non-hydrogen) atoms. The molecule has 5 nitrogen and oxygen atoms in total. The number of hydrogen-bond acceptors (Lipinski definition) is 3. The van der Waals surface area contributed by atoms with Crippen LogP contribution in [0.4, 0.5) is 0 Å². The van der Waals surface area contributed by atoms with Crippen molar-refractivity contribution in [3.8, 4) is 11.1 Å². The van der Waals surface area contributed by atoms with Crippen molar-refractivity contribution < 1.29 is 8.42 Å². The zero-order valence-electron chi connectivity index (χ0n) is 14.3. The van der Waals surface area contributed by atoms with E-state index in [1.165, 1.54) is 4.31 Å². The predicted octanol–water partition coefficient (Wildman–Crippen LogP) is 3.39. The number of aryl methyl sites for hydroxylation is 1. The van der Waals surface area contributed by atoms with E-state index >= 15 is 0 Å². The molecule has 0 aliphatic rings. The van der Waals surface area contributed by atoms with Gasteiger partial charge in [0.25, 0.3) is 0 Å².